The van der Waals surface area contributed by atoms with E-state index in [4.69, 9.17) is 9.84 Å². The molecule has 7 nitrogen and oxygen atoms in total. The molecule has 35 heavy (non-hydrogen) atoms. The first kappa shape index (κ1) is 23.8. The molecule has 0 fully saturated rings. The summed E-state index contributed by atoms with van der Waals surface area (Å²) < 4.78 is 5.47. The van der Waals surface area contributed by atoms with Crippen LogP contribution in [0.2, 0.25) is 0 Å². The average Bonchev–Trinajstić information content (AvgIpc) is 3.18. The molecule has 0 spiro atoms. The number of ether oxygens (including phenoxy) is 1. The second kappa shape index (κ2) is 11.2. The lowest BCUT2D eigenvalue weighted by Gasteiger charge is -2.14. The second-order valence-corrected chi connectivity index (χ2v) is 8.19. The van der Waals surface area contributed by atoms with Gasteiger partial charge in [0.15, 0.2) is 0 Å². The summed E-state index contributed by atoms with van der Waals surface area (Å²) >= 11 is 0. The van der Waals surface area contributed by atoms with Gasteiger partial charge in [0.05, 0.1) is 0 Å². The van der Waals surface area contributed by atoms with Crippen LogP contribution in [0.5, 0.6) is 0 Å². The van der Waals surface area contributed by atoms with Gasteiger partial charge in [-0.2, -0.15) is 0 Å². The molecule has 0 bridgehead atoms. The van der Waals surface area contributed by atoms with Crippen molar-refractivity contribution in [2.45, 2.75) is 18.8 Å². The molecule has 0 saturated heterocycles. The van der Waals surface area contributed by atoms with Gasteiger partial charge in [-0.15, -0.1) is 0 Å². The van der Waals surface area contributed by atoms with Crippen molar-refractivity contribution in [2.24, 2.45) is 0 Å². The van der Waals surface area contributed by atoms with Crippen LogP contribution in [0.15, 0.2) is 84.9 Å². The standard InChI is InChI=1S/C28H26N2O5/c31-26(30-20-14-11-19(12-15-20)13-16-27(32)33)10-5-17-29-28(34)35-18-25-23-8-3-1-6-21(23)22-7-2-4-9-24(22)25/h1-12,14-15,25H,13,16-18H2,(H,29,34)(H,30,31)(H,32,33)/b10-5+. The molecule has 0 unspecified atom stereocenters. The second-order valence-electron chi connectivity index (χ2n) is 8.19. The largest absolute Gasteiger partial charge is 0.481 e. The molecule has 0 atom stereocenters. The molecule has 7 heteroatoms. The fourth-order valence-corrected chi connectivity index (χ4v) is 4.15. The Morgan fingerprint density at radius 3 is 2.14 bits per heavy atom. The lowest BCUT2D eigenvalue weighted by atomic mass is 9.98. The number of amides is 2. The van der Waals surface area contributed by atoms with Crippen LogP contribution in [0.25, 0.3) is 11.1 Å². The maximum Gasteiger partial charge on any atom is 0.407 e. The molecule has 1 aliphatic carbocycles. The summed E-state index contributed by atoms with van der Waals surface area (Å²) in [6, 6.07) is 23.3. The maximum atomic E-state index is 12.2. The minimum atomic E-state index is -0.848. The maximum absolute atomic E-state index is 12.2. The molecule has 4 rings (SSSR count). The highest BCUT2D eigenvalue weighted by Crippen LogP contribution is 2.44. The number of carbonyl (C=O) groups excluding carboxylic acids is 2. The Kier molecular flexibility index (Phi) is 7.57. The smallest absolute Gasteiger partial charge is 0.407 e. The zero-order valence-electron chi connectivity index (χ0n) is 19.1. The Bertz CT molecular complexity index is 1200. The number of aryl methyl sites for hydroxylation is 1. The summed E-state index contributed by atoms with van der Waals surface area (Å²) in [6.07, 6.45) is 2.82. The van der Waals surface area contributed by atoms with Gasteiger partial charge in [0, 0.05) is 30.6 Å². The molecular weight excluding hydrogens is 444 g/mol. The minimum Gasteiger partial charge on any atom is -0.481 e. The molecule has 0 saturated carbocycles. The number of carboxylic acids is 1. The molecule has 0 aromatic heterocycles. The van der Waals surface area contributed by atoms with E-state index in [9.17, 15) is 14.4 Å². The van der Waals surface area contributed by atoms with Crippen LogP contribution in [0.1, 0.15) is 29.0 Å². The van der Waals surface area contributed by atoms with E-state index in [0.29, 0.717) is 12.1 Å². The molecular formula is C28H26N2O5. The first-order valence-corrected chi connectivity index (χ1v) is 11.4. The number of anilines is 1. The lowest BCUT2D eigenvalue weighted by Crippen LogP contribution is -2.26. The van der Waals surface area contributed by atoms with Crippen LogP contribution in [0, 0.1) is 0 Å². The van der Waals surface area contributed by atoms with Crippen molar-refractivity contribution in [2.75, 3.05) is 18.5 Å². The number of carbonyl (C=O) groups is 3. The fraction of sp³-hybridized carbons (Fsp3) is 0.179. The third-order valence-corrected chi connectivity index (χ3v) is 5.83. The minimum absolute atomic E-state index is 0.00927. The number of carboxylic acid groups (broad SMARTS) is 1. The lowest BCUT2D eigenvalue weighted by molar-refractivity contribution is -0.137. The Morgan fingerprint density at radius 1 is 0.886 bits per heavy atom. The van der Waals surface area contributed by atoms with Gasteiger partial charge in [0.2, 0.25) is 5.91 Å². The number of aliphatic carboxylic acids is 1. The molecule has 3 N–H and O–H groups in total. The van der Waals surface area contributed by atoms with Crippen LogP contribution in [-0.4, -0.2) is 36.2 Å². The van der Waals surface area contributed by atoms with Crippen LogP contribution < -0.4 is 10.6 Å². The summed E-state index contributed by atoms with van der Waals surface area (Å²) in [5.74, 6) is -1.19. The molecule has 0 aliphatic heterocycles. The van der Waals surface area contributed by atoms with Gasteiger partial charge in [0.1, 0.15) is 6.61 Å². The van der Waals surface area contributed by atoms with Gasteiger partial charge in [-0.05, 0) is 46.4 Å². The zero-order valence-corrected chi connectivity index (χ0v) is 19.1. The highest BCUT2D eigenvalue weighted by atomic mass is 16.5. The van der Waals surface area contributed by atoms with Crippen molar-refractivity contribution in [3.63, 3.8) is 0 Å². The van der Waals surface area contributed by atoms with E-state index in [0.717, 1.165) is 16.7 Å². The number of rotatable bonds is 9. The molecule has 0 heterocycles. The van der Waals surface area contributed by atoms with Gasteiger partial charge in [-0.25, -0.2) is 4.79 Å². The van der Waals surface area contributed by atoms with E-state index in [1.165, 1.54) is 23.3 Å². The van der Waals surface area contributed by atoms with Crippen LogP contribution in [0.3, 0.4) is 0 Å². The quantitative estimate of drug-likeness (QED) is 0.392. The average molecular weight is 471 g/mol. The molecule has 3 aromatic carbocycles. The third-order valence-electron chi connectivity index (χ3n) is 5.83. The number of hydrogen-bond donors (Lipinski definition) is 3. The summed E-state index contributed by atoms with van der Waals surface area (Å²) in [5.41, 5.74) is 6.11. The Labute approximate surface area is 203 Å². The van der Waals surface area contributed by atoms with E-state index in [1.54, 1.807) is 24.3 Å². The van der Waals surface area contributed by atoms with Crippen molar-refractivity contribution in [3.8, 4) is 11.1 Å². The molecule has 0 radical (unpaired) electrons. The fourth-order valence-electron chi connectivity index (χ4n) is 4.15. The Hall–Kier alpha value is -4.39. The van der Waals surface area contributed by atoms with Gasteiger partial charge < -0.3 is 20.5 Å². The molecule has 2 amide bonds. The van der Waals surface area contributed by atoms with E-state index in [-0.39, 0.29) is 31.4 Å². The first-order valence-electron chi connectivity index (χ1n) is 11.4. The van der Waals surface area contributed by atoms with Crippen molar-refractivity contribution in [1.82, 2.24) is 5.32 Å². The van der Waals surface area contributed by atoms with Gasteiger partial charge in [0.25, 0.3) is 0 Å². The Balaban J connectivity index is 1.21. The highest BCUT2D eigenvalue weighted by Gasteiger charge is 2.28. The normalized spacial score (nSPS) is 12.1. The highest BCUT2D eigenvalue weighted by molar-refractivity contribution is 5.99. The van der Waals surface area contributed by atoms with Crippen molar-refractivity contribution < 1.29 is 24.2 Å². The van der Waals surface area contributed by atoms with Crippen molar-refractivity contribution >= 4 is 23.7 Å². The summed E-state index contributed by atoms with van der Waals surface area (Å²) in [7, 11) is 0. The number of alkyl carbamates (subject to hydrolysis) is 1. The summed E-state index contributed by atoms with van der Waals surface area (Å²) in [6.45, 7) is 0.380. The van der Waals surface area contributed by atoms with Crippen LogP contribution in [-0.2, 0) is 20.7 Å². The molecule has 3 aromatic rings. The topological polar surface area (TPSA) is 105 Å². The van der Waals surface area contributed by atoms with Crippen LogP contribution >= 0.6 is 0 Å². The number of benzene rings is 3. The van der Waals surface area contributed by atoms with Crippen LogP contribution in [0.4, 0.5) is 10.5 Å². The third kappa shape index (κ3) is 6.14. The zero-order chi connectivity index (χ0) is 24.6. The van der Waals surface area contributed by atoms with Gasteiger partial charge in [-0.3, -0.25) is 9.59 Å². The predicted molar refractivity (Wildman–Crippen MR) is 133 cm³/mol. The Morgan fingerprint density at radius 2 is 1.51 bits per heavy atom. The summed E-state index contributed by atoms with van der Waals surface area (Å²) in [4.78, 5) is 34.9. The number of fused-ring (bicyclic) bond motifs is 3. The van der Waals surface area contributed by atoms with E-state index in [2.05, 4.69) is 34.9 Å². The number of nitrogens with one attached hydrogen (secondary N) is 2. The van der Waals surface area contributed by atoms with Crippen molar-refractivity contribution in [1.29, 1.82) is 0 Å². The van der Waals surface area contributed by atoms with E-state index < -0.39 is 12.1 Å². The van der Waals surface area contributed by atoms with Gasteiger partial charge in [-0.1, -0.05) is 66.7 Å². The summed E-state index contributed by atoms with van der Waals surface area (Å²) in [5, 5.41) is 14.1. The first-order chi connectivity index (χ1) is 17.0. The number of hydrogen-bond acceptors (Lipinski definition) is 4. The van der Waals surface area contributed by atoms with E-state index in [1.807, 2.05) is 24.3 Å². The molecule has 178 valence electrons. The SMILES string of the molecule is O=C(O)CCc1ccc(NC(=O)/C=C/CNC(=O)OCC2c3ccccc3-c3ccccc32)cc1. The van der Waals surface area contributed by atoms with E-state index >= 15 is 0 Å². The van der Waals surface area contributed by atoms with Crippen molar-refractivity contribution in [3.05, 3.63) is 102 Å². The monoisotopic (exact) mass is 470 g/mol. The van der Waals surface area contributed by atoms with Gasteiger partial charge >= 0.3 is 12.1 Å². The predicted octanol–water partition coefficient (Wildman–Crippen LogP) is 4.74. The molecule has 1 aliphatic rings.